The average Bonchev–Trinajstić information content (AvgIpc) is 2.79. The molecule has 0 aromatic rings. The number of rotatable bonds is 10. The van der Waals surface area contributed by atoms with Crippen molar-refractivity contribution >= 4 is 6.09 Å². The van der Waals surface area contributed by atoms with E-state index in [1.807, 2.05) is 0 Å². The van der Waals surface area contributed by atoms with E-state index >= 15 is 0 Å². The minimum absolute atomic E-state index is 0.238. The Balaban J connectivity index is 1.89. The molecule has 0 bridgehead atoms. The van der Waals surface area contributed by atoms with E-state index in [9.17, 15) is 4.79 Å². The molecule has 1 saturated heterocycles. The van der Waals surface area contributed by atoms with Crippen molar-refractivity contribution in [3.8, 4) is 0 Å². The third-order valence-corrected chi connectivity index (χ3v) is 3.90. The van der Waals surface area contributed by atoms with Gasteiger partial charge >= 0.3 is 6.09 Å². The molecular weight excluding hydrogens is 226 g/mol. The van der Waals surface area contributed by atoms with E-state index in [1.165, 1.54) is 57.8 Å². The maximum Gasteiger partial charge on any atom is 0.407 e. The molecule has 1 N–H and O–H groups in total. The van der Waals surface area contributed by atoms with Crippen LogP contribution >= 0.6 is 0 Å². The molecule has 0 radical (unpaired) electrons. The summed E-state index contributed by atoms with van der Waals surface area (Å²) in [4.78, 5) is 10.9. The fourth-order valence-electron chi connectivity index (χ4n) is 2.51. The number of cyclic esters (lactones) is 1. The molecule has 0 aliphatic carbocycles. The monoisotopic (exact) mass is 255 g/mol. The van der Waals surface area contributed by atoms with Gasteiger partial charge in [-0.1, -0.05) is 65.2 Å². The Hall–Kier alpha value is -0.730. The summed E-state index contributed by atoms with van der Waals surface area (Å²) in [7, 11) is 0. The molecule has 0 saturated carbocycles. The largest absolute Gasteiger partial charge is 0.447 e. The molecule has 1 aliphatic rings. The molecule has 1 aliphatic heterocycles. The van der Waals surface area contributed by atoms with E-state index < -0.39 is 0 Å². The van der Waals surface area contributed by atoms with Crippen LogP contribution < -0.4 is 5.32 Å². The Kier molecular flexibility index (Phi) is 7.86. The lowest BCUT2D eigenvalue weighted by Gasteiger charge is -2.16. The zero-order valence-electron chi connectivity index (χ0n) is 12.0. The van der Waals surface area contributed by atoms with Gasteiger partial charge in [-0.3, -0.25) is 0 Å². The summed E-state index contributed by atoms with van der Waals surface area (Å²) in [6, 6.07) is 0.238. The topological polar surface area (TPSA) is 38.3 Å². The van der Waals surface area contributed by atoms with Crippen LogP contribution in [0.3, 0.4) is 0 Å². The predicted octanol–water partition coefficient (Wildman–Crippen LogP) is 4.26. The molecule has 106 valence electrons. The van der Waals surface area contributed by atoms with Gasteiger partial charge in [0.05, 0.1) is 6.04 Å². The van der Waals surface area contributed by atoms with Crippen molar-refractivity contribution in [2.45, 2.75) is 77.7 Å². The summed E-state index contributed by atoms with van der Waals surface area (Å²) in [5.74, 6) is 0.538. The minimum Gasteiger partial charge on any atom is -0.447 e. The van der Waals surface area contributed by atoms with E-state index in [4.69, 9.17) is 4.74 Å². The van der Waals surface area contributed by atoms with Crippen LogP contribution in [0.2, 0.25) is 0 Å². The van der Waals surface area contributed by atoms with Gasteiger partial charge in [0.15, 0.2) is 0 Å². The van der Waals surface area contributed by atoms with Gasteiger partial charge in [0, 0.05) is 0 Å². The van der Waals surface area contributed by atoms with Crippen LogP contribution in [-0.4, -0.2) is 18.7 Å². The number of carbonyl (C=O) groups is 1. The molecule has 1 rings (SSSR count). The van der Waals surface area contributed by atoms with Crippen molar-refractivity contribution in [1.82, 2.24) is 5.32 Å². The maximum absolute atomic E-state index is 10.9. The van der Waals surface area contributed by atoms with Crippen LogP contribution in [0.4, 0.5) is 4.79 Å². The third-order valence-electron chi connectivity index (χ3n) is 3.90. The second-order valence-corrected chi connectivity index (χ2v) is 5.59. The van der Waals surface area contributed by atoms with Crippen LogP contribution in [0.5, 0.6) is 0 Å². The smallest absolute Gasteiger partial charge is 0.407 e. The second kappa shape index (κ2) is 9.23. The van der Waals surface area contributed by atoms with E-state index in [2.05, 4.69) is 19.2 Å². The number of carbonyl (C=O) groups excluding carboxylic acids is 1. The standard InChI is InChI=1S/C15H29NO2/c1-3-4-5-6-7-8-9-10-11-13(2)14-12-18-15(17)16-14/h13-14H,3-12H2,1-2H3,(H,16,17). The van der Waals surface area contributed by atoms with Crippen LogP contribution in [0.1, 0.15) is 71.6 Å². The number of amides is 1. The Morgan fingerprint density at radius 3 is 2.33 bits per heavy atom. The Bertz CT molecular complexity index is 231. The quantitative estimate of drug-likeness (QED) is 0.592. The summed E-state index contributed by atoms with van der Waals surface area (Å²) in [6.07, 6.45) is 11.8. The highest BCUT2D eigenvalue weighted by Crippen LogP contribution is 2.17. The Labute approximate surface area is 112 Å². The van der Waals surface area contributed by atoms with Gasteiger partial charge < -0.3 is 10.1 Å². The normalized spacial score (nSPS) is 20.6. The number of nitrogens with one attached hydrogen (secondary N) is 1. The summed E-state index contributed by atoms with van der Waals surface area (Å²) in [5, 5.41) is 2.87. The fraction of sp³-hybridized carbons (Fsp3) is 0.933. The number of unbranched alkanes of at least 4 members (excludes halogenated alkanes) is 7. The van der Waals surface area contributed by atoms with E-state index in [-0.39, 0.29) is 12.1 Å². The first-order chi connectivity index (χ1) is 8.74. The van der Waals surface area contributed by atoms with Gasteiger partial charge in [-0.25, -0.2) is 4.79 Å². The minimum atomic E-state index is -0.247. The highest BCUT2D eigenvalue weighted by Gasteiger charge is 2.26. The number of alkyl carbamates (subject to hydrolysis) is 1. The van der Waals surface area contributed by atoms with Crippen LogP contribution in [0.15, 0.2) is 0 Å². The summed E-state index contributed by atoms with van der Waals surface area (Å²) >= 11 is 0. The zero-order valence-corrected chi connectivity index (χ0v) is 12.0. The van der Waals surface area contributed by atoms with Crippen molar-refractivity contribution in [2.24, 2.45) is 5.92 Å². The molecule has 1 amide bonds. The van der Waals surface area contributed by atoms with E-state index in [0.717, 1.165) is 0 Å². The lowest BCUT2D eigenvalue weighted by Crippen LogP contribution is -2.32. The van der Waals surface area contributed by atoms with Crippen LogP contribution in [0, 0.1) is 5.92 Å². The van der Waals surface area contributed by atoms with Crippen LogP contribution in [-0.2, 0) is 4.74 Å². The molecule has 3 nitrogen and oxygen atoms in total. The zero-order chi connectivity index (χ0) is 13.2. The molecule has 2 atom stereocenters. The van der Waals surface area contributed by atoms with Gasteiger partial charge in [0.2, 0.25) is 0 Å². The number of hydrogen-bond donors (Lipinski definition) is 1. The van der Waals surface area contributed by atoms with Gasteiger partial charge in [-0.05, 0) is 12.3 Å². The van der Waals surface area contributed by atoms with Crippen LogP contribution in [0.25, 0.3) is 0 Å². The van der Waals surface area contributed by atoms with Crippen molar-refractivity contribution < 1.29 is 9.53 Å². The Morgan fingerprint density at radius 2 is 1.78 bits per heavy atom. The third kappa shape index (κ3) is 6.27. The lowest BCUT2D eigenvalue weighted by molar-refractivity contribution is 0.175. The van der Waals surface area contributed by atoms with Gasteiger partial charge in [-0.2, -0.15) is 0 Å². The molecule has 3 heteroatoms. The fourth-order valence-corrected chi connectivity index (χ4v) is 2.51. The first kappa shape index (κ1) is 15.3. The molecule has 2 unspecified atom stereocenters. The number of ether oxygens (including phenoxy) is 1. The van der Waals surface area contributed by atoms with Crippen molar-refractivity contribution in [1.29, 1.82) is 0 Å². The van der Waals surface area contributed by atoms with Crippen molar-refractivity contribution in [3.63, 3.8) is 0 Å². The summed E-state index contributed by atoms with van der Waals surface area (Å²) < 4.78 is 4.92. The van der Waals surface area contributed by atoms with Crippen molar-refractivity contribution in [2.75, 3.05) is 6.61 Å². The van der Waals surface area contributed by atoms with Gasteiger partial charge in [0.25, 0.3) is 0 Å². The van der Waals surface area contributed by atoms with Crippen molar-refractivity contribution in [3.05, 3.63) is 0 Å². The maximum atomic E-state index is 10.9. The summed E-state index contributed by atoms with van der Waals surface area (Å²) in [5.41, 5.74) is 0. The molecular formula is C15H29NO2. The van der Waals surface area contributed by atoms with Gasteiger partial charge in [0.1, 0.15) is 6.61 Å². The SMILES string of the molecule is CCCCCCCCCCC(C)C1COC(=O)N1. The van der Waals surface area contributed by atoms with E-state index in [0.29, 0.717) is 12.5 Å². The molecule has 0 aromatic carbocycles. The van der Waals surface area contributed by atoms with E-state index in [1.54, 1.807) is 0 Å². The summed E-state index contributed by atoms with van der Waals surface area (Å²) in [6.45, 7) is 5.02. The van der Waals surface area contributed by atoms with Gasteiger partial charge in [-0.15, -0.1) is 0 Å². The predicted molar refractivity (Wildman–Crippen MR) is 74.7 cm³/mol. The first-order valence-electron chi connectivity index (χ1n) is 7.67. The molecule has 0 aromatic heterocycles. The highest BCUT2D eigenvalue weighted by atomic mass is 16.6. The molecule has 1 fully saturated rings. The Morgan fingerprint density at radius 1 is 1.17 bits per heavy atom. The average molecular weight is 255 g/mol. The first-order valence-corrected chi connectivity index (χ1v) is 7.67. The highest BCUT2D eigenvalue weighted by molar-refractivity contribution is 5.69. The second-order valence-electron chi connectivity index (χ2n) is 5.59. The molecule has 18 heavy (non-hydrogen) atoms. The molecule has 1 heterocycles. The molecule has 0 spiro atoms. The lowest BCUT2D eigenvalue weighted by atomic mass is 9.95. The number of hydrogen-bond acceptors (Lipinski definition) is 2.